The number of hydrazine groups is 1. The number of hydrogen-bond acceptors (Lipinski definition) is 6. The van der Waals surface area contributed by atoms with Gasteiger partial charge in [-0.1, -0.05) is 11.6 Å². The molecule has 0 bridgehead atoms. The van der Waals surface area contributed by atoms with Crippen LogP contribution in [0, 0.1) is 5.92 Å². The summed E-state index contributed by atoms with van der Waals surface area (Å²) in [7, 11) is 1.52. The fourth-order valence-electron chi connectivity index (χ4n) is 2.88. The Morgan fingerprint density at radius 2 is 1.70 bits per heavy atom. The number of esters is 1. The van der Waals surface area contributed by atoms with Gasteiger partial charge in [-0.25, -0.2) is 0 Å². The predicted molar refractivity (Wildman–Crippen MR) is 107 cm³/mol. The van der Waals surface area contributed by atoms with E-state index in [9.17, 15) is 19.2 Å². The topological polar surface area (TPSA) is 102 Å². The lowest BCUT2D eigenvalue weighted by Crippen LogP contribution is -2.43. The minimum atomic E-state index is -0.772. The second-order valence-electron chi connectivity index (χ2n) is 6.61. The Kier molecular flexibility index (Phi) is 6.68. The fraction of sp³-hybridized carbons (Fsp3) is 0.238. The van der Waals surface area contributed by atoms with Gasteiger partial charge in [0, 0.05) is 22.6 Å². The first-order chi connectivity index (χ1) is 14.4. The van der Waals surface area contributed by atoms with Crippen LogP contribution in [0.2, 0.25) is 5.02 Å². The van der Waals surface area contributed by atoms with Crippen molar-refractivity contribution in [1.29, 1.82) is 0 Å². The summed E-state index contributed by atoms with van der Waals surface area (Å²) in [6.07, 6.45) is -0.115. The van der Waals surface area contributed by atoms with E-state index in [-0.39, 0.29) is 18.7 Å². The number of carbonyl (C=O) groups excluding carboxylic acids is 4. The summed E-state index contributed by atoms with van der Waals surface area (Å²) in [5, 5.41) is 1.56. The highest BCUT2D eigenvalue weighted by molar-refractivity contribution is 6.30. The van der Waals surface area contributed by atoms with Gasteiger partial charge in [-0.3, -0.25) is 29.6 Å². The highest BCUT2D eigenvalue weighted by Gasteiger charge is 2.36. The van der Waals surface area contributed by atoms with E-state index in [1.165, 1.54) is 19.2 Å². The zero-order chi connectivity index (χ0) is 21.7. The van der Waals surface area contributed by atoms with E-state index in [2.05, 4.69) is 5.43 Å². The molecular formula is C21H19ClN2O6. The maximum absolute atomic E-state index is 12.3. The lowest BCUT2D eigenvalue weighted by molar-refractivity contribution is -0.147. The van der Waals surface area contributed by atoms with Gasteiger partial charge in [0.1, 0.15) is 5.75 Å². The second-order valence-corrected chi connectivity index (χ2v) is 7.05. The van der Waals surface area contributed by atoms with Gasteiger partial charge >= 0.3 is 5.97 Å². The third-order valence-electron chi connectivity index (χ3n) is 4.56. The molecule has 1 aliphatic heterocycles. The van der Waals surface area contributed by atoms with Crippen molar-refractivity contribution in [3.8, 4) is 5.75 Å². The summed E-state index contributed by atoms with van der Waals surface area (Å²) in [6, 6.07) is 12.6. The summed E-state index contributed by atoms with van der Waals surface area (Å²) in [4.78, 5) is 48.8. The molecule has 1 heterocycles. The van der Waals surface area contributed by atoms with E-state index in [0.717, 1.165) is 5.01 Å². The van der Waals surface area contributed by atoms with Crippen LogP contribution in [0.25, 0.3) is 0 Å². The van der Waals surface area contributed by atoms with E-state index < -0.39 is 30.3 Å². The Hall–Kier alpha value is -3.39. The minimum absolute atomic E-state index is 0.0340. The third-order valence-corrected chi connectivity index (χ3v) is 4.81. The van der Waals surface area contributed by atoms with E-state index >= 15 is 0 Å². The van der Waals surface area contributed by atoms with Crippen LogP contribution in [0.3, 0.4) is 0 Å². The van der Waals surface area contributed by atoms with E-state index in [0.29, 0.717) is 21.9 Å². The smallest absolute Gasteiger partial charge is 0.311 e. The van der Waals surface area contributed by atoms with Crippen molar-refractivity contribution >= 4 is 35.2 Å². The first-order valence-electron chi connectivity index (χ1n) is 9.08. The molecule has 1 fully saturated rings. The summed E-state index contributed by atoms with van der Waals surface area (Å²) >= 11 is 5.79. The van der Waals surface area contributed by atoms with Crippen molar-refractivity contribution in [3.05, 3.63) is 64.7 Å². The number of methoxy groups -OCH3 is 1. The largest absolute Gasteiger partial charge is 0.497 e. The van der Waals surface area contributed by atoms with Crippen molar-refractivity contribution < 1.29 is 28.7 Å². The molecule has 30 heavy (non-hydrogen) atoms. The minimum Gasteiger partial charge on any atom is -0.497 e. The number of Topliss-reactive ketones (excluding diaryl/α,β-unsaturated/α-hetero) is 1. The number of rotatable bonds is 7. The summed E-state index contributed by atoms with van der Waals surface area (Å²) < 4.78 is 10.1. The number of nitrogens with one attached hydrogen (secondary N) is 1. The molecule has 0 aliphatic carbocycles. The Bertz CT molecular complexity index is 958. The number of benzene rings is 2. The number of carbonyl (C=O) groups is 4. The average Bonchev–Trinajstić information content (AvgIpc) is 3.12. The zero-order valence-electron chi connectivity index (χ0n) is 16.1. The third kappa shape index (κ3) is 5.15. The highest BCUT2D eigenvalue weighted by atomic mass is 35.5. The lowest BCUT2D eigenvalue weighted by Gasteiger charge is -2.17. The molecule has 9 heteroatoms. The first-order valence-corrected chi connectivity index (χ1v) is 9.46. The van der Waals surface area contributed by atoms with Gasteiger partial charge in [0.2, 0.25) is 5.91 Å². The molecule has 1 aliphatic rings. The Labute approximate surface area is 177 Å². The standard InChI is InChI=1S/C21H19ClN2O6/c1-29-17-8-4-13(5-9-17)18(25)12-30-21(28)15-10-19(26)24(11-15)23-20(27)14-2-6-16(22)7-3-14/h2-9,15H,10-12H2,1H3,(H,23,27)/t15-/m0/s1. The molecular weight excluding hydrogens is 412 g/mol. The number of amides is 2. The molecule has 156 valence electrons. The van der Waals surface area contributed by atoms with E-state index in [4.69, 9.17) is 21.1 Å². The van der Waals surface area contributed by atoms with Crippen molar-refractivity contribution in [2.45, 2.75) is 6.42 Å². The SMILES string of the molecule is COc1ccc(C(=O)COC(=O)[C@H]2CC(=O)N(NC(=O)c3ccc(Cl)cc3)C2)cc1. The van der Waals surface area contributed by atoms with Gasteiger partial charge in [0.05, 0.1) is 19.6 Å². The fourth-order valence-corrected chi connectivity index (χ4v) is 3.00. The molecule has 2 amide bonds. The number of hydrogen-bond donors (Lipinski definition) is 1. The average molecular weight is 431 g/mol. The van der Waals surface area contributed by atoms with Gasteiger partial charge in [-0.05, 0) is 48.5 Å². The Balaban J connectivity index is 1.51. The monoisotopic (exact) mass is 430 g/mol. The van der Waals surface area contributed by atoms with Crippen molar-refractivity contribution in [1.82, 2.24) is 10.4 Å². The number of ketones is 1. The van der Waals surface area contributed by atoms with Crippen molar-refractivity contribution in [3.63, 3.8) is 0 Å². The molecule has 0 radical (unpaired) electrons. The molecule has 0 spiro atoms. The van der Waals surface area contributed by atoms with Crippen LogP contribution in [0.1, 0.15) is 27.1 Å². The summed E-state index contributed by atoms with van der Waals surface area (Å²) in [5.41, 5.74) is 3.17. The van der Waals surface area contributed by atoms with Gasteiger partial charge in [-0.15, -0.1) is 0 Å². The number of halogens is 1. The molecule has 8 nitrogen and oxygen atoms in total. The van der Waals surface area contributed by atoms with Crippen LogP contribution in [0.4, 0.5) is 0 Å². The normalized spacial score (nSPS) is 15.6. The van der Waals surface area contributed by atoms with Crippen molar-refractivity contribution in [2.75, 3.05) is 20.3 Å². The first kappa shape index (κ1) is 21.3. The molecule has 2 aromatic rings. The summed E-state index contributed by atoms with van der Waals surface area (Å²) in [6.45, 7) is -0.472. The number of ether oxygens (including phenoxy) is 2. The lowest BCUT2D eigenvalue weighted by atomic mass is 10.1. The van der Waals surface area contributed by atoms with Gasteiger partial charge in [0.25, 0.3) is 5.91 Å². The molecule has 1 saturated heterocycles. The molecule has 0 aromatic heterocycles. The van der Waals surface area contributed by atoms with E-state index in [1.807, 2.05) is 0 Å². The van der Waals surface area contributed by atoms with Gasteiger partial charge in [0.15, 0.2) is 12.4 Å². The molecule has 0 unspecified atom stereocenters. The van der Waals surface area contributed by atoms with E-state index in [1.54, 1.807) is 36.4 Å². The van der Waals surface area contributed by atoms with Crippen LogP contribution in [0.5, 0.6) is 5.75 Å². The Morgan fingerprint density at radius 3 is 2.33 bits per heavy atom. The van der Waals surface area contributed by atoms with Crippen LogP contribution in [-0.4, -0.2) is 48.8 Å². The zero-order valence-corrected chi connectivity index (χ0v) is 16.8. The van der Waals surface area contributed by atoms with Crippen LogP contribution < -0.4 is 10.2 Å². The van der Waals surface area contributed by atoms with Crippen LogP contribution >= 0.6 is 11.6 Å². The highest BCUT2D eigenvalue weighted by Crippen LogP contribution is 2.19. The maximum Gasteiger partial charge on any atom is 0.311 e. The molecule has 2 aromatic carbocycles. The number of nitrogens with zero attached hydrogens (tertiary/aromatic N) is 1. The second kappa shape index (κ2) is 9.41. The molecule has 1 N–H and O–H groups in total. The Morgan fingerprint density at radius 1 is 1.07 bits per heavy atom. The maximum atomic E-state index is 12.3. The van der Waals surface area contributed by atoms with Crippen LogP contribution in [-0.2, 0) is 14.3 Å². The molecule has 3 rings (SSSR count). The predicted octanol–water partition coefficient (Wildman–Crippen LogP) is 2.27. The van der Waals surface area contributed by atoms with Gasteiger partial charge in [-0.2, -0.15) is 0 Å². The van der Waals surface area contributed by atoms with Crippen molar-refractivity contribution in [2.24, 2.45) is 5.92 Å². The van der Waals surface area contributed by atoms with Crippen LogP contribution in [0.15, 0.2) is 48.5 Å². The molecule has 0 saturated carbocycles. The quantitative estimate of drug-likeness (QED) is 0.534. The summed E-state index contributed by atoms with van der Waals surface area (Å²) in [5.74, 6) is -2.12. The molecule has 1 atom stereocenters. The van der Waals surface area contributed by atoms with Gasteiger partial charge < -0.3 is 9.47 Å².